The minimum absolute atomic E-state index is 0.0612. The van der Waals surface area contributed by atoms with Crippen molar-refractivity contribution in [3.05, 3.63) is 29.8 Å². The SMILES string of the molecule is CN(Cc1cccc(O)c1)C(=O)C1CCCC(N)C1. The van der Waals surface area contributed by atoms with Crippen LogP contribution in [0.15, 0.2) is 24.3 Å². The molecule has 0 saturated heterocycles. The highest BCUT2D eigenvalue weighted by Crippen LogP contribution is 2.25. The largest absolute Gasteiger partial charge is 0.508 e. The first-order chi connectivity index (χ1) is 9.06. The van der Waals surface area contributed by atoms with E-state index in [1.807, 2.05) is 13.1 Å². The van der Waals surface area contributed by atoms with Crippen molar-refractivity contribution in [3.8, 4) is 5.75 Å². The van der Waals surface area contributed by atoms with Gasteiger partial charge in [-0.1, -0.05) is 18.6 Å². The highest BCUT2D eigenvalue weighted by Gasteiger charge is 2.27. The van der Waals surface area contributed by atoms with Crippen molar-refractivity contribution in [1.82, 2.24) is 4.90 Å². The van der Waals surface area contributed by atoms with Crippen LogP contribution in [0.25, 0.3) is 0 Å². The Morgan fingerprint density at radius 3 is 2.95 bits per heavy atom. The highest BCUT2D eigenvalue weighted by molar-refractivity contribution is 5.78. The van der Waals surface area contributed by atoms with Gasteiger partial charge in [0, 0.05) is 25.6 Å². The summed E-state index contributed by atoms with van der Waals surface area (Å²) in [4.78, 5) is 14.1. The second-order valence-electron chi connectivity index (χ2n) is 5.49. The molecule has 1 aromatic rings. The van der Waals surface area contributed by atoms with Crippen LogP contribution >= 0.6 is 0 Å². The molecule has 104 valence electrons. The molecule has 1 fully saturated rings. The molecule has 1 aromatic carbocycles. The molecule has 2 rings (SSSR count). The molecule has 0 aliphatic heterocycles. The molecule has 0 radical (unpaired) electrons. The number of nitrogens with zero attached hydrogens (tertiary/aromatic N) is 1. The fraction of sp³-hybridized carbons (Fsp3) is 0.533. The summed E-state index contributed by atoms with van der Waals surface area (Å²) in [5.74, 6) is 0.461. The number of nitrogens with two attached hydrogens (primary N) is 1. The maximum atomic E-state index is 12.3. The van der Waals surface area contributed by atoms with Crippen molar-refractivity contribution in [1.29, 1.82) is 0 Å². The zero-order chi connectivity index (χ0) is 13.8. The Bertz CT molecular complexity index is 448. The summed E-state index contributed by atoms with van der Waals surface area (Å²) in [6.07, 6.45) is 3.80. The number of benzene rings is 1. The molecule has 2 atom stereocenters. The Kier molecular flexibility index (Phi) is 4.43. The third kappa shape index (κ3) is 3.70. The highest BCUT2D eigenvalue weighted by atomic mass is 16.3. The van der Waals surface area contributed by atoms with E-state index in [1.165, 1.54) is 0 Å². The van der Waals surface area contributed by atoms with Crippen molar-refractivity contribution >= 4 is 5.91 Å². The summed E-state index contributed by atoms with van der Waals surface area (Å²) in [7, 11) is 1.81. The van der Waals surface area contributed by atoms with Gasteiger partial charge < -0.3 is 15.7 Å². The molecule has 0 aromatic heterocycles. The maximum Gasteiger partial charge on any atom is 0.225 e. The minimum atomic E-state index is 0.0612. The quantitative estimate of drug-likeness (QED) is 0.874. The van der Waals surface area contributed by atoms with Gasteiger partial charge in [-0.3, -0.25) is 4.79 Å². The van der Waals surface area contributed by atoms with Crippen LogP contribution in [-0.4, -0.2) is 29.0 Å². The van der Waals surface area contributed by atoms with Gasteiger partial charge in [-0.25, -0.2) is 0 Å². The number of hydrogen-bond donors (Lipinski definition) is 2. The van der Waals surface area contributed by atoms with Crippen LogP contribution in [0, 0.1) is 5.92 Å². The molecule has 1 amide bonds. The minimum Gasteiger partial charge on any atom is -0.508 e. The third-order valence-electron chi connectivity index (χ3n) is 3.77. The number of rotatable bonds is 3. The van der Waals surface area contributed by atoms with Gasteiger partial charge in [0.25, 0.3) is 0 Å². The second kappa shape index (κ2) is 6.06. The van der Waals surface area contributed by atoms with Gasteiger partial charge in [0.15, 0.2) is 0 Å². The molecule has 4 heteroatoms. The third-order valence-corrected chi connectivity index (χ3v) is 3.77. The molecule has 0 bridgehead atoms. The van der Waals surface area contributed by atoms with Crippen molar-refractivity contribution in [2.75, 3.05) is 7.05 Å². The Morgan fingerprint density at radius 2 is 2.26 bits per heavy atom. The van der Waals surface area contributed by atoms with Gasteiger partial charge in [0.1, 0.15) is 5.75 Å². The lowest BCUT2D eigenvalue weighted by atomic mass is 9.85. The van der Waals surface area contributed by atoms with Gasteiger partial charge in [0.2, 0.25) is 5.91 Å². The Balaban J connectivity index is 1.95. The topological polar surface area (TPSA) is 66.6 Å². The summed E-state index contributed by atoms with van der Waals surface area (Å²) < 4.78 is 0. The standard InChI is InChI=1S/C15H22N2O2/c1-17(10-11-4-2-7-14(18)8-11)15(19)12-5-3-6-13(16)9-12/h2,4,7-8,12-13,18H,3,5-6,9-10,16H2,1H3. The summed E-state index contributed by atoms with van der Waals surface area (Å²) in [6.45, 7) is 0.527. The number of phenols is 1. The summed E-state index contributed by atoms with van der Waals surface area (Å²) in [5, 5.41) is 9.43. The van der Waals surface area contributed by atoms with Crippen LogP contribution < -0.4 is 5.73 Å². The van der Waals surface area contributed by atoms with Gasteiger partial charge in [-0.15, -0.1) is 0 Å². The summed E-state index contributed by atoms with van der Waals surface area (Å²) >= 11 is 0. The first-order valence-electron chi connectivity index (χ1n) is 6.84. The predicted octanol–water partition coefficient (Wildman–Crippen LogP) is 1.87. The molecule has 1 aliphatic rings. The Morgan fingerprint density at radius 1 is 1.47 bits per heavy atom. The van der Waals surface area contributed by atoms with Crippen molar-refractivity contribution in [2.45, 2.75) is 38.3 Å². The molecule has 4 nitrogen and oxygen atoms in total. The molecule has 19 heavy (non-hydrogen) atoms. The zero-order valence-electron chi connectivity index (χ0n) is 11.4. The van der Waals surface area contributed by atoms with E-state index < -0.39 is 0 Å². The van der Waals surface area contributed by atoms with Crippen LogP contribution in [0.3, 0.4) is 0 Å². The molecule has 1 aliphatic carbocycles. The Labute approximate surface area is 114 Å². The van der Waals surface area contributed by atoms with Gasteiger partial charge in [-0.05, 0) is 37.0 Å². The molecule has 0 spiro atoms. The van der Waals surface area contributed by atoms with E-state index in [1.54, 1.807) is 23.1 Å². The van der Waals surface area contributed by atoms with E-state index in [0.717, 1.165) is 31.2 Å². The van der Waals surface area contributed by atoms with E-state index >= 15 is 0 Å². The van der Waals surface area contributed by atoms with Gasteiger partial charge >= 0.3 is 0 Å². The number of hydrogen-bond acceptors (Lipinski definition) is 3. The van der Waals surface area contributed by atoms with Crippen LogP contribution in [0.1, 0.15) is 31.2 Å². The molecular formula is C15H22N2O2. The lowest BCUT2D eigenvalue weighted by molar-refractivity contribution is -0.135. The molecule has 3 N–H and O–H groups in total. The van der Waals surface area contributed by atoms with Crippen LogP contribution in [0.4, 0.5) is 0 Å². The number of amides is 1. The fourth-order valence-electron chi connectivity index (χ4n) is 2.77. The van der Waals surface area contributed by atoms with Crippen LogP contribution in [0.2, 0.25) is 0 Å². The van der Waals surface area contributed by atoms with E-state index in [0.29, 0.717) is 6.54 Å². The maximum absolute atomic E-state index is 12.3. The van der Waals surface area contributed by atoms with Crippen molar-refractivity contribution in [3.63, 3.8) is 0 Å². The summed E-state index contributed by atoms with van der Waals surface area (Å²) in [5.41, 5.74) is 6.87. The first kappa shape index (κ1) is 13.9. The average molecular weight is 262 g/mol. The zero-order valence-corrected chi connectivity index (χ0v) is 11.4. The smallest absolute Gasteiger partial charge is 0.225 e. The normalized spacial score (nSPS) is 23.1. The summed E-state index contributed by atoms with van der Waals surface area (Å²) in [6, 6.07) is 7.19. The second-order valence-corrected chi connectivity index (χ2v) is 5.49. The Hall–Kier alpha value is -1.55. The van der Waals surface area contributed by atoms with Crippen molar-refractivity contribution < 1.29 is 9.90 Å². The average Bonchev–Trinajstić information content (AvgIpc) is 2.38. The molecular weight excluding hydrogens is 240 g/mol. The number of carbonyl (C=O) groups is 1. The predicted molar refractivity (Wildman–Crippen MR) is 74.5 cm³/mol. The number of carbonyl (C=O) groups excluding carboxylic acids is 1. The molecule has 1 saturated carbocycles. The van der Waals surface area contributed by atoms with Gasteiger partial charge in [-0.2, -0.15) is 0 Å². The number of aromatic hydroxyl groups is 1. The van der Waals surface area contributed by atoms with E-state index in [2.05, 4.69) is 0 Å². The molecule has 2 unspecified atom stereocenters. The monoisotopic (exact) mass is 262 g/mol. The van der Waals surface area contributed by atoms with Crippen molar-refractivity contribution in [2.24, 2.45) is 11.7 Å². The van der Waals surface area contributed by atoms with Gasteiger partial charge in [0.05, 0.1) is 0 Å². The molecule has 0 heterocycles. The van der Waals surface area contributed by atoms with E-state index in [-0.39, 0.29) is 23.6 Å². The lowest BCUT2D eigenvalue weighted by Crippen LogP contribution is -2.38. The van der Waals surface area contributed by atoms with Crippen LogP contribution in [-0.2, 0) is 11.3 Å². The lowest BCUT2D eigenvalue weighted by Gasteiger charge is -2.29. The van der Waals surface area contributed by atoms with E-state index in [9.17, 15) is 9.90 Å². The van der Waals surface area contributed by atoms with Crippen LogP contribution in [0.5, 0.6) is 5.75 Å². The van der Waals surface area contributed by atoms with E-state index in [4.69, 9.17) is 5.73 Å². The number of phenolic OH excluding ortho intramolecular Hbond substituents is 1. The first-order valence-corrected chi connectivity index (χ1v) is 6.84. The fourth-order valence-corrected chi connectivity index (χ4v) is 2.77.